The SMILES string of the molecule is NCCCOC1CCN(Cc2nnnn2C2CC2)CC1. The molecule has 0 aromatic carbocycles. The normalized spacial score (nSPS) is 21.4. The Morgan fingerprint density at radius 2 is 2.00 bits per heavy atom. The van der Waals surface area contributed by atoms with E-state index in [9.17, 15) is 0 Å². The van der Waals surface area contributed by atoms with E-state index in [2.05, 4.69) is 20.4 Å². The molecule has 7 heteroatoms. The molecule has 0 amide bonds. The summed E-state index contributed by atoms with van der Waals surface area (Å²) < 4.78 is 7.83. The van der Waals surface area contributed by atoms with Gasteiger partial charge in [0.15, 0.2) is 5.82 Å². The van der Waals surface area contributed by atoms with Crippen molar-refractivity contribution in [2.75, 3.05) is 26.2 Å². The molecule has 7 nitrogen and oxygen atoms in total. The summed E-state index contributed by atoms with van der Waals surface area (Å²) in [4.78, 5) is 2.42. The summed E-state index contributed by atoms with van der Waals surface area (Å²) in [6, 6.07) is 0.553. The van der Waals surface area contributed by atoms with Crippen LogP contribution in [0.2, 0.25) is 0 Å². The Kier molecular flexibility index (Phi) is 4.59. The van der Waals surface area contributed by atoms with Crippen LogP contribution in [0.4, 0.5) is 0 Å². The minimum Gasteiger partial charge on any atom is -0.378 e. The average molecular weight is 280 g/mol. The highest BCUT2D eigenvalue weighted by Gasteiger charge is 2.29. The first-order valence-electron chi connectivity index (χ1n) is 7.67. The molecular weight excluding hydrogens is 256 g/mol. The van der Waals surface area contributed by atoms with Gasteiger partial charge in [-0.15, -0.1) is 5.10 Å². The maximum Gasteiger partial charge on any atom is 0.165 e. The Bertz CT molecular complexity index is 411. The van der Waals surface area contributed by atoms with Gasteiger partial charge in [-0.3, -0.25) is 4.90 Å². The van der Waals surface area contributed by atoms with Crippen LogP contribution in [-0.4, -0.2) is 57.5 Å². The topological polar surface area (TPSA) is 82.1 Å². The van der Waals surface area contributed by atoms with E-state index in [0.29, 0.717) is 18.7 Å². The van der Waals surface area contributed by atoms with Crippen LogP contribution in [0.1, 0.15) is 44.0 Å². The van der Waals surface area contributed by atoms with E-state index in [4.69, 9.17) is 10.5 Å². The fraction of sp³-hybridized carbons (Fsp3) is 0.923. The van der Waals surface area contributed by atoms with Crippen LogP contribution in [-0.2, 0) is 11.3 Å². The Labute approximate surface area is 119 Å². The van der Waals surface area contributed by atoms with Crippen molar-refractivity contribution in [2.24, 2.45) is 5.73 Å². The molecule has 0 radical (unpaired) electrons. The predicted molar refractivity (Wildman–Crippen MR) is 74.0 cm³/mol. The molecule has 1 saturated heterocycles. The van der Waals surface area contributed by atoms with Crippen LogP contribution in [0.25, 0.3) is 0 Å². The molecule has 1 saturated carbocycles. The van der Waals surface area contributed by atoms with E-state index in [-0.39, 0.29) is 0 Å². The average Bonchev–Trinajstić information content (AvgIpc) is 3.21. The summed E-state index contributed by atoms with van der Waals surface area (Å²) in [5, 5.41) is 12.1. The van der Waals surface area contributed by atoms with Gasteiger partial charge in [-0.25, -0.2) is 4.68 Å². The first-order valence-corrected chi connectivity index (χ1v) is 7.67. The standard InChI is InChI=1S/C13H24N6O/c14-6-1-9-20-12-4-7-18(8-5-12)10-13-15-16-17-19(13)11-2-3-11/h11-12H,1-10,14H2. The molecule has 1 aromatic rings. The van der Waals surface area contributed by atoms with Crippen molar-refractivity contribution in [2.45, 2.75) is 50.8 Å². The van der Waals surface area contributed by atoms with Crippen molar-refractivity contribution in [1.82, 2.24) is 25.1 Å². The molecule has 0 bridgehead atoms. The molecule has 3 rings (SSSR count). The lowest BCUT2D eigenvalue weighted by molar-refractivity contribution is 0.00490. The molecule has 2 aliphatic rings. The van der Waals surface area contributed by atoms with E-state index in [0.717, 1.165) is 51.3 Å². The molecule has 2 fully saturated rings. The number of piperidine rings is 1. The number of tetrazole rings is 1. The minimum atomic E-state index is 0.400. The zero-order chi connectivity index (χ0) is 13.8. The number of hydrogen-bond donors (Lipinski definition) is 1. The molecule has 112 valence electrons. The van der Waals surface area contributed by atoms with Crippen molar-refractivity contribution < 1.29 is 4.74 Å². The van der Waals surface area contributed by atoms with Crippen LogP contribution in [0.15, 0.2) is 0 Å². The largest absolute Gasteiger partial charge is 0.378 e. The van der Waals surface area contributed by atoms with E-state index in [1.54, 1.807) is 0 Å². The molecule has 1 aliphatic heterocycles. The molecule has 0 unspecified atom stereocenters. The maximum atomic E-state index is 5.83. The fourth-order valence-corrected chi connectivity index (χ4v) is 2.69. The van der Waals surface area contributed by atoms with Gasteiger partial charge >= 0.3 is 0 Å². The van der Waals surface area contributed by atoms with Crippen molar-refractivity contribution in [3.05, 3.63) is 5.82 Å². The van der Waals surface area contributed by atoms with Gasteiger partial charge in [0, 0.05) is 19.7 Å². The van der Waals surface area contributed by atoms with Crippen LogP contribution in [0, 0.1) is 0 Å². The highest BCUT2D eigenvalue weighted by molar-refractivity contribution is 4.91. The first kappa shape index (κ1) is 13.9. The second kappa shape index (κ2) is 6.60. The summed E-state index contributed by atoms with van der Waals surface area (Å²) in [6.45, 7) is 4.48. The maximum absolute atomic E-state index is 5.83. The highest BCUT2D eigenvalue weighted by atomic mass is 16.5. The molecule has 20 heavy (non-hydrogen) atoms. The van der Waals surface area contributed by atoms with Crippen molar-refractivity contribution >= 4 is 0 Å². The van der Waals surface area contributed by atoms with Crippen LogP contribution in [0.3, 0.4) is 0 Å². The quantitative estimate of drug-likeness (QED) is 0.725. The summed E-state index contributed by atoms with van der Waals surface area (Å²) in [6.07, 6.45) is 5.98. The van der Waals surface area contributed by atoms with E-state index in [1.165, 1.54) is 12.8 Å². The smallest absolute Gasteiger partial charge is 0.165 e. The lowest BCUT2D eigenvalue weighted by Crippen LogP contribution is -2.37. The molecule has 0 atom stereocenters. The number of nitrogens with two attached hydrogens (primary N) is 1. The second-order valence-electron chi connectivity index (χ2n) is 5.76. The number of ether oxygens (including phenoxy) is 1. The molecule has 2 N–H and O–H groups in total. The molecule has 1 aromatic heterocycles. The zero-order valence-electron chi connectivity index (χ0n) is 11.9. The Morgan fingerprint density at radius 1 is 1.20 bits per heavy atom. The molecule has 0 spiro atoms. The van der Waals surface area contributed by atoms with Crippen molar-refractivity contribution in [3.8, 4) is 0 Å². The molecule has 2 heterocycles. The van der Waals surface area contributed by atoms with Crippen LogP contribution < -0.4 is 5.73 Å². The van der Waals surface area contributed by atoms with Crippen LogP contribution in [0.5, 0.6) is 0 Å². The Balaban J connectivity index is 1.43. The Morgan fingerprint density at radius 3 is 2.70 bits per heavy atom. The van der Waals surface area contributed by atoms with Gasteiger partial charge in [-0.05, 0) is 49.1 Å². The first-order chi connectivity index (χ1) is 9.86. The van der Waals surface area contributed by atoms with Gasteiger partial charge < -0.3 is 10.5 Å². The lowest BCUT2D eigenvalue weighted by atomic mass is 10.1. The van der Waals surface area contributed by atoms with Crippen molar-refractivity contribution in [3.63, 3.8) is 0 Å². The Hall–Kier alpha value is -1.05. The third-order valence-corrected chi connectivity index (χ3v) is 4.06. The number of likely N-dealkylation sites (tertiary alicyclic amines) is 1. The van der Waals surface area contributed by atoms with Gasteiger partial charge in [-0.1, -0.05) is 0 Å². The van der Waals surface area contributed by atoms with Gasteiger partial charge in [0.2, 0.25) is 0 Å². The number of hydrogen-bond acceptors (Lipinski definition) is 6. The second-order valence-corrected chi connectivity index (χ2v) is 5.76. The van der Waals surface area contributed by atoms with Gasteiger partial charge in [-0.2, -0.15) is 0 Å². The van der Waals surface area contributed by atoms with E-state index >= 15 is 0 Å². The van der Waals surface area contributed by atoms with E-state index < -0.39 is 0 Å². The number of rotatable bonds is 7. The summed E-state index contributed by atoms with van der Waals surface area (Å²) in [5.74, 6) is 1.01. The van der Waals surface area contributed by atoms with Gasteiger partial charge in [0.05, 0.1) is 18.7 Å². The summed E-state index contributed by atoms with van der Waals surface area (Å²) >= 11 is 0. The molecule has 1 aliphatic carbocycles. The van der Waals surface area contributed by atoms with Crippen molar-refractivity contribution in [1.29, 1.82) is 0 Å². The predicted octanol–water partition coefficient (Wildman–Crippen LogP) is 0.338. The van der Waals surface area contributed by atoms with E-state index in [1.807, 2.05) is 4.68 Å². The summed E-state index contributed by atoms with van der Waals surface area (Å²) in [7, 11) is 0. The zero-order valence-corrected chi connectivity index (χ0v) is 11.9. The fourth-order valence-electron chi connectivity index (χ4n) is 2.69. The van der Waals surface area contributed by atoms with Crippen LogP contribution >= 0.6 is 0 Å². The molecular formula is C13H24N6O. The van der Waals surface area contributed by atoms with Gasteiger partial charge in [0.25, 0.3) is 0 Å². The monoisotopic (exact) mass is 280 g/mol. The lowest BCUT2D eigenvalue weighted by Gasteiger charge is -2.31. The van der Waals surface area contributed by atoms with Gasteiger partial charge in [0.1, 0.15) is 0 Å². The number of aromatic nitrogens is 4. The third-order valence-electron chi connectivity index (χ3n) is 4.06. The summed E-state index contributed by atoms with van der Waals surface area (Å²) in [5.41, 5.74) is 5.48. The number of nitrogens with zero attached hydrogens (tertiary/aromatic N) is 5. The third kappa shape index (κ3) is 3.53. The minimum absolute atomic E-state index is 0.400. The highest BCUT2D eigenvalue weighted by Crippen LogP contribution is 2.34.